The number of carbonyl (C=O) groups is 2. The van der Waals surface area contributed by atoms with E-state index in [-0.39, 0.29) is 11.9 Å². The lowest BCUT2D eigenvalue weighted by Crippen LogP contribution is -2.43. The average molecular weight is 256 g/mol. The molecule has 1 fully saturated rings. The van der Waals surface area contributed by atoms with Crippen LogP contribution in [-0.4, -0.2) is 29.7 Å². The Labute approximate surface area is 108 Å². The molecule has 5 heteroatoms. The molecule has 0 saturated heterocycles. The molecule has 0 bridgehead atoms. The molecule has 0 heterocycles. The van der Waals surface area contributed by atoms with E-state index in [0.29, 0.717) is 25.4 Å². The van der Waals surface area contributed by atoms with Gasteiger partial charge in [-0.2, -0.15) is 0 Å². The summed E-state index contributed by atoms with van der Waals surface area (Å²) in [4.78, 5) is 22.1. The van der Waals surface area contributed by atoms with Gasteiger partial charge in [0.25, 0.3) is 0 Å². The van der Waals surface area contributed by atoms with Crippen LogP contribution in [0.15, 0.2) is 0 Å². The fourth-order valence-electron chi connectivity index (χ4n) is 2.22. The molecule has 1 atom stereocenters. The zero-order chi connectivity index (χ0) is 13.4. The fraction of sp³-hybridized carbons (Fsp3) is 0.846. The van der Waals surface area contributed by atoms with E-state index < -0.39 is 5.97 Å². The van der Waals surface area contributed by atoms with Gasteiger partial charge in [0.1, 0.15) is 0 Å². The minimum Gasteiger partial charge on any atom is -0.481 e. The summed E-state index contributed by atoms with van der Waals surface area (Å²) in [5.41, 5.74) is 0. The van der Waals surface area contributed by atoms with Crippen LogP contribution in [0.2, 0.25) is 0 Å². The number of carboxylic acids is 1. The highest BCUT2D eigenvalue weighted by atomic mass is 16.4. The highest BCUT2D eigenvalue weighted by molar-refractivity contribution is 5.74. The van der Waals surface area contributed by atoms with Crippen LogP contribution in [0.5, 0.6) is 0 Å². The van der Waals surface area contributed by atoms with E-state index in [0.717, 1.165) is 12.8 Å². The SMILES string of the molecule is CC(CCCNC(=O)NC1CCCCC1)C(=O)O. The van der Waals surface area contributed by atoms with Crippen LogP contribution >= 0.6 is 0 Å². The molecular weight excluding hydrogens is 232 g/mol. The van der Waals surface area contributed by atoms with Crippen molar-refractivity contribution in [3.8, 4) is 0 Å². The lowest BCUT2D eigenvalue weighted by Gasteiger charge is -2.22. The number of aliphatic carboxylic acids is 1. The van der Waals surface area contributed by atoms with Crippen LogP contribution in [0.3, 0.4) is 0 Å². The van der Waals surface area contributed by atoms with E-state index in [1.807, 2.05) is 0 Å². The summed E-state index contributed by atoms with van der Waals surface area (Å²) in [5.74, 6) is -1.12. The Hall–Kier alpha value is -1.26. The summed E-state index contributed by atoms with van der Waals surface area (Å²) in [6.45, 7) is 2.22. The highest BCUT2D eigenvalue weighted by Gasteiger charge is 2.15. The Morgan fingerprint density at radius 1 is 1.28 bits per heavy atom. The number of carbonyl (C=O) groups excluding carboxylic acids is 1. The topological polar surface area (TPSA) is 78.4 Å². The molecule has 0 aromatic heterocycles. The zero-order valence-electron chi connectivity index (χ0n) is 11.1. The molecule has 0 aromatic rings. The van der Waals surface area contributed by atoms with E-state index in [9.17, 15) is 9.59 Å². The summed E-state index contributed by atoms with van der Waals surface area (Å²) in [6, 6.07) is 0.196. The quantitative estimate of drug-likeness (QED) is 0.637. The molecule has 1 unspecified atom stereocenters. The molecule has 3 N–H and O–H groups in total. The monoisotopic (exact) mass is 256 g/mol. The second kappa shape index (κ2) is 7.95. The molecule has 0 radical (unpaired) electrons. The molecule has 104 valence electrons. The molecule has 1 aliphatic rings. The first kappa shape index (κ1) is 14.8. The summed E-state index contributed by atoms with van der Waals surface area (Å²) >= 11 is 0. The maximum absolute atomic E-state index is 11.6. The first-order valence-electron chi connectivity index (χ1n) is 6.86. The van der Waals surface area contributed by atoms with Gasteiger partial charge in [0.2, 0.25) is 0 Å². The zero-order valence-corrected chi connectivity index (χ0v) is 11.1. The van der Waals surface area contributed by atoms with E-state index in [1.54, 1.807) is 6.92 Å². The molecule has 0 aliphatic heterocycles. The van der Waals surface area contributed by atoms with Crippen LogP contribution < -0.4 is 10.6 Å². The third-order valence-corrected chi connectivity index (χ3v) is 3.46. The number of rotatable bonds is 6. The predicted molar refractivity (Wildman–Crippen MR) is 69.4 cm³/mol. The fourth-order valence-corrected chi connectivity index (χ4v) is 2.22. The van der Waals surface area contributed by atoms with Crippen molar-refractivity contribution in [1.82, 2.24) is 10.6 Å². The number of urea groups is 1. The Balaban J connectivity index is 2.04. The molecule has 1 saturated carbocycles. The second-order valence-electron chi connectivity index (χ2n) is 5.12. The third-order valence-electron chi connectivity index (χ3n) is 3.46. The summed E-state index contributed by atoms with van der Waals surface area (Å²) in [6.07, 6.45) is 7.10. The van der Waals surface area contributed by atoms with Gasteiger partial charge in [0.05, 0.1) is 5.92 Å². The van der Waals surface area contributed by atoms with Crippen molar-refractivity contribution in [3.63, 3.8) is 0 Å². The van der Waals surface area contributed by atoms with Crippen molar-refractivity contribution < 1.29 is 14.7 Å². The molecular formula is C13H24N2O3. The van der Waals surface area contributed by atoms with Gasteiger partial charge in [0.15, 0.2) is 0 Å². The van der Waals surface area contributed by atoms with Gasteiger partial charge < -0.3 is 15.7 Å². The first-order valence-corrected chi connectivity index (χ1v) is 6.86. The maximum Gasteiger partial charge on any atom is 0.315 e. The number of nitrogens with one attached hydrogen (secondary N) is 2. The van der Waals surface area contributed by atoms with Gasteiger partial charge >= 0.3 is 12.0 Å². The van der Waals surface area contributed by atoms with Crippen LogP contribution in [0.25, 0.3) is 0 Å². The van der Waals surface area contributed by atoms with Gasteiger partial charge in [0, 0.05) is 12.6 Å². The van der Waals surface area contributed by atoms with Gasteiger partial charge in [-0.25, -0.2) is 4.79 Å². The molecule has 2 amide bonds. The smallest absolute Gasteiger partial charge is 0.315 e. The minimum atomic E-state index is -0.776. The van der Waals surface area contributed by atoms with Crippen LogP contribution in [0, 0.1) is 5.92 Å². The Kier molecular flexibility index (Phi) is 6.54. The lowest BCUT2D eigenvalue weighted by molar-refractivity contribution is -0.141. The van der Waals surface area contributed by atoms with Crippen molar-refractivity contribution >= 4 is 12.0 Å². The number of amides is 2. The van der Waals surface area contributed by atoms with Crippen LogP contribution in [0.4, 0.5) is 4.79 Å². The normalized spacial score (nSPS) is 18.1. The summed E-state index contributed by atoms with van der Waals surface area (Å²) < 4.78 is 0. The maximum atomic E-state index is 11.6. The molecule has 5 nitrogen and oxygen atoms in total. The minimum absolute atomic E-state index is 0.120. The Morgan fingerprint density at radius 3 is 2.56 bits per heavy atom. The van der Waals surface area contributed by atoms with E-state index in [4.69, 9.17) is 5.11 Å². The summed E-state index contributed by atoms with van der Waals surface area (Å²) in [7, 11) is 0. The van der Waals surface area contributed by atoms with Gasteiger partial charge in [-0.1, -0.05) is 26.2 Å². The van der Waals surface area contributed by atoms with Crippen molar-refractivity contribution in [3.05, 3.63) is 0 Å². The van der Waals surface area contributed by atoms with Gasteiger partial charge in [-0.3, -0.25) is 4.79 Å². The van der Waals surface area contributed by atoms with Crippen LogP contribution in [0.1, 0.15) is 51.9 Å². The lowest BCUT2D eigenvalue weighted by atomic mass is 9.96. The molecule has 0 spiro atoms. The van der Waals surface area contributed by atoms with Crippen molar-refractivity contribution in [2.24, 2.45) is 5.92 Å². The van der Waals surface area contributed by atoms with Gasteiger partial charge in [-0.15, -0.1) is 0 Å². The van der Waals surface area contributed by atoms with Crippen molar-refractivity contribution in [1.29, 1.82) is 0 Å². The molecule has 1 rings (SSSR count). The highest BCUT2D eigenvalue weighted by Crippen LogP contribution is 2.17. The van der Waals surface area contributed by atoms with Crippen molar-refractivity contribution in [2.75, 3.05) is 6.54 Å². The van der Waals surface area contributed by atoms with E-state index in [2.05, 4.69) is 10.6 Å². The summed E-state index contributed by atoms with van der Waals surface area (Å²) in [5, 5.41) is 14.5. The standard InChI is InChI=1S/C13H24N2O3/c1-10(12(16)17)6-5-9-14-13(18)15-11-7-3-2-4-8-11/h10-11H,2-9H2,1H3,(H,16,17)(H2,14,15,18). The van der Waals surface area contributed by atoms with E-state index in [1.165, 1.54) is 19.3 Å². The largest absolute Gasteiger partial charge is 0.481 e. The molecule has 0 aromatic carbocycles. The average Bonchev–Trinajstić information content (AvgIpc) is 2.35. The second-order valence-corrected chi connectivity index (χ2v) is 5.12. The first-order chi connectivity index (χ1) is 8.59. The molecule has 1 aliphatic carbocycles. The number of hydrogen-bond donors (Lipinski definition) is 3. The predicted octanol–water partition coefficient (Wildman–Crippen LogP) is 2.12. The number of carboxylic acid groups (broad SMARTS) is 1. The third kappa shape index (κ3) is 5.89. The van der Waals surface area contributed by atoms with Gasteiger partial charge in [-0.05, 0) is 25.7 Å². The van der Waals surface area contributed by atoms with Crippen molar-refractivity contribution in [2.45, 2.75) is 57.9 Å². The Morgan fingerprint density at radius 2 is 1.94 bits per heavy atom. The Bertz CT molecular complexity index is 275. The van der Waals surface area contributed by atoms with E-state index >= 15 is 0 Å². The number of hydrogen-bond acceptors (Lipinski definition) is 2. The van der Waals surface area contributed by atoms with Crippen LogP contribution in [-0.2, 0) is 4.79 Å². The molecule has 18 heavy (non-hydrogen) atoms.